The molecular formula is C20H20F2N4O. The second kappa shape index (κ2) is 8.55. The van der Waals surface area contributed by atoms with Crippen LogP contribution in [0.25, 0.3) is 11.3 Å². The van der Waals surface area contributed by atoms with Crippen LogP contribution in [0.3, 0.4) is 0 Å². The molecule has 1 heterocycles. The number of benzene rings is 2. The lowest BCUT2D eigenvalue weighted by Crippen LogP contribution is -2.24. The fourth-order valence-corrected chi connectivity index (χ4v) is 2.67. The monoisotopic (exact) mass is 370 g/mol. The van der Waals surface area contributed by atoms with Crippen molar-refractivity contribution in [1.82, 2.24) is 15.1 Å². The van der Waals surface area contributed by atoms with Crippen LogP contribution in [0.15, 0.2) is 54.6 Å². The number of nitrogens with zero attached hydrogens (tertiary/aromatic N) is 2. The van der Waals surface area contributed by atoms with E-state index < -0.39 is 11.6 Å². The van der Waals surface area contributed by atoms with Gasteiger partial charge in [0.25, 0.3) is 0 Å². The molecule has 3 aromatic rings. The molecule has 1 amide bonds. The molecule has 0 atom stereocenters. The van der Waals surface area contributed by atoms with Crippen molar-refractivity contribution in [1.29, 1.82) is 0 Å². The molecule has 0 aliphatic heterocycles. The maximum atomic E-state index is 13.6. The Kier molecular flexibility index (Phi) is 5.93. The number of aromatic amines is 1. The van der Waals surface area contributed by atoms with Gasteiger partial charge in [-0.2, -0.15) is 5.10 Å². The van der Waals surface area contributed by atoms with Gasteiger partial charge in [-0.15, -0.1) is 0 Å². The number of hydrogen-bond acceptors (Lipinski definition) is 3. The third-order valence-corrected chi connectivity index (χ3v) is 4.07. The molecular weight excluding hydrogens is 350 g/mol. The molecule has 5 nitrogen and oxygen atoms in total. The Bertz CT molecular complexity index is 911. The van der Waals surface area contributed by atoms with Crippen LogP contribution in [0.5, 0.6) is 0 Å². The lowest BCUT2D eigenvalue weighted by Gasteiger charge is -2.15. The summed E-state index contributed by atoms with van der Waals surface area (Å²) in [6.45, 7) is 1.08. The van der Waals surface area contributed by atoms with Crippen LogP contribution in [0.1, 0.15) is 12.1 Å². The maximum absolute atomic E-state index is 13.6. The van der Waals surface area contributed by atoms with E-state index in [4.69, 9.17) is 0 Å². The van der Waals surface area contributed by atoms with Gasteiger partial charge in [-0.3, -0.25) is 9.89 Å². The Morgan fingerprint density at radius 3 is 2.67 bits per heavy atom. The van der Waals surface area contributed by atoms with E-state index in [0.717, 1.165) is 29.1 Å². The first-order valence-corrected chi connectivity index (χ1v) is 8.54. The molecule has 0 radical (unpaired) electrons. The van der Waals surface area contributed by atoms with Crippen LogP contribution in [-0.2, 0) is 11.3 Å². The molecule has 3 rings (SSSR count). The van der Waals surface area contributed by atoms with Crippen LogP contribution >= 0.6 is 0 Å². The van der Waals surface area contributed by atoms with Gasteiger partial charge in [0.15, 0.2) is 0 Å². The van der Waals surface area contributed by atoms with Crippen molar-refractivity contribution in [2.45, 2.75) is 13.0 Å². The third kappa shape index (κ3) is 5.21. The predicted molar refractivity (Wildman–Crippen MR) is 100.0 cm³/mol. The summed E-state index contributed by atoms with van der Waals surface area (Å²) in [4.78, 5) is 13.9. The van der Waals surface area contributed by atoms with E-state index >= 15 is 0 Å². The van der Waals surface area contributed by atoms with E-state index in [9.17, 15) is 13.6 Å². The molecule has 2 aromatic carbocycles. The van der Waals surface area contributed by atoms with Crippen LogP contribution in [-0.4, -0.2) is 34.6 Å². The molecule has 0 aliphatic rings. The zero-order valence-electron chi connectivity index (χ0n) is 14.9. The Balaban J connectivity index is 1.49. The molecule has 27 heavy (non-hydrogen) atoms. The van der Waals surface area contributed by atoms with Gasteiger partial charge in [0, 0.05) is 36.8 Å². The van der Waals surface area contributed by atoms with Gasteiger partial charge >= 0.3 is 0 Å². The SMILES string of the molecule is CN(CCC(=O)Nc1ccc(F)cc1F)Cc1cc(-c2ccccc2)n[nH]1. The van der Waals surface area contributed by atoms with Gasteiger partial charge in [0.2, 0.25) is 5.91 Å². The number of anilines is 1. The van der Waals surface area contributed by atoms with Crippen molar-refractivity contribution < 1.29 is 13.6 Å². The van der Waals surface area contributed by atoms with Gasteiger partial charge in [0.1, 0.15) is 11.6 Å². The number of amides is 1. The minimum Gasteiger partial charge on any atom is -0.324 e. The molecule has 140 valence electrons. The fraction of sp³-hybridized carbons (Fsp3) is 0.200. The smallest absolute Gasteiger partial charge is 0.225 e. The Labute approximate surface area is 156 Å². The van der Waals surface area contributed by atoms with E-state index in [1.165, 1.54) is 6.07 Å². The molecule has 0 bridgehead atoms. The van der Waals surface area contributed by atoms with Crippen molar-refractivity contribution in [2.75, 3.05) is 18.9 Å². The Morgan fingerprint density at radius 1 is 1.15 bits per heavy atom. The maximum Gasteiger partial charge on any atom is 0.225 e. The van der Waals surface area contributed by atoms with Crippen molar-refractivity contribution >= 4 is 11.6 Å². The van der Waals surface area contributed by atoms with E-state index in [0.29, 0.717) is 13.1 Å². The quantitative estimate of drug-likeness (QED) is 0.665. The number of nitrogens with one attached hydrogen (secondary N) is 2. The average molecular weight is 370 g/mol. The Hall–Kier alpha value is -3.06. The van der Waals surface area contributed by atoms with Crippen molar-refractivity contribution in [3.8, 4) is 11.3 Å². The second-order valence-corrected chi connectivity index (χ2v) is 6.30. The molecule has 1 aromatic heterocycles. The first-order chi connectivity index (χ1) is 13.0. The van der Waals surface area contributed by atoms with Gasteiger partial charge in [0.05, 0.1) is 11.4 Å². The molecule has 7 heteroatoms. The standard InChI is InChI=1S/C20H20F2N4O/c1-26(10-9-20(27)23-18-8-7-15(21)11-17(18)22)13-16-12-19(25-24-16)14-5-3-2-4-6-14/h2-8,11-12H,9-10,13H2,1H3,(H,23,27)(H,24,25). The van der Waals surface area contributed by atoms with Crippen molar-refractivity contribution in [2.24, 2.45) is 0 Å². The summed E-state index contributed by atoms with van der Waals surface area (Å²) < 4.78 is 26.5. The molecule has 0 aliphatic carbocycles. The third-order valence-electron chi connectivity index (χ3n) is 4.07. The van der Waals surface area contributed by atoms with Crippen LogP contribution < -0.4 is 5.32 Å². The number of H-pyrrole nitrogens is 1. The van der Waals surface area contributed by atoms with Gasteiger partial charge < -0.3 is 10.2 Å². The summed E-state index contributed by atoms with van der Waals surface area (Å²) in [5.41, 5.74) is 2.80. The lowest BCUT2D eigenvalue weighted by molar-refractivity contribution is -0.116. The van der Waals surface area contributed by atoms with Crippen LogP contribution in [0.4, 0.5) is 14.5 Å². The Morgan fingerprint density at radius 2 is 1.93 bits per heavy atom. The lowest BCUT2D eigenvalue weighted by atomic mass is 10.1. The van der Waals surface area contributed by atoms with E-state index in [2.05, 4.69) is 15.5 Å². The normalized spacial score (nSPS) is 11.0. The summed E-state index contributed by atoms with van der Waals surface area (Å²) in [5.74, 6) is -1.80. The number of aromatic nitrogens is 2. The highest BCUT2D eigenvalue weighted by Gasteiger charge is 2.11. The van der Waals surface area contributed by atoms with Crippen molar-refractivity contribution in [3.63, 3.8) is 0 Å². The van der Waals surface area contributed by atoms with E-state index in [1.807, 2.05) is 48.3 Å². The highest BCUT2D eigenvalue weighted by atomic mass is 19.1. The van der Waals surface area contributed by atoms with Crippen molar-refractivity contribution in [3.05, 3.63) is 71.9 Å². The van der Waals surface area contributed by atoms with Gasteiger partial charge in [-0.05, 0) is 25.2 Å². The number of carbonyl (C=O) groups excluding carboxylic acids is 1. The van der Waals surface area contributed by atoms with Crippen LogP contribution in [0.2, 0.25) is 0 Å². The average Bonchev–Trinajstić information content (AvgIpc) is 3.11. The highest BCUT2D eigenvalue weighted by molar-refractivity contribution is 5.90. The minimum atomic E-state index is -0.789. The minimum absolute atomic E-state index is 0.0230. The summed E-state index contributed by atoms with van der Waals surface area (Å²) in [6.07, 6.45) is 0.187. The first-order valence-electron chi connectivity index (χ1n) is 8.54. The molecule has 0 unspecified atom stereocenters. The predicted octanol–water partition coefficient (Wildman–Crippen LogP) is 3.82. The first kappa shape index (κ1) is 18.7. The summed E-state index contributed by atoms with van der Waals surface area (Å²) in [5, 5.41) is 9.76. The molecule has 0 saturated carbocycles. The topological polar surface area (TPSA) is 61.0 Å². The number of carbonyl (C=O) groups is 1. The zero-order chi connectivity index (χ0) is 19.2. The number of halogens is 2. The summed E-state index contributed by atoms with van der Waals surface area (Å²) in [6, 6.07) is 14.9. The molecule has 0 spiro atoms. The summed E-state index contributed by atoms with van der Waals surface area (Å²) >= 11 is 0. The number of rotatable bonds is 7. The fourth-order valence-electron chi connectivity index (χ4n) is 2.67. The summed E-state index contributed by atoms with van der Waals surface area (Å²) in [7, 11) is 1.88. The van der Waals surface area contributed by atoms with Gasteiger partial charge in [-0.25, -0.2) is 8.78 Å². The highest BCUT2D eigenvalue weighted by Crippen LogP contribution is 2.18. The molecule has 2 N–H and O–H groups in total. The van der Waals surface area contributed by atoms with Crippen LogP contribution in [0, 0.1) is 11.6 Å². The molecule has 0 fully saturated rings. The molecule has 0 saturated heterocycles. The van der Waals surface area contributed by atoms with E-state index in [1.54, 1.807) is 0 Å². The second-order valence-electron chi connectivity index (χ2n) is 6.30. The van der Waals surface area contributed by atoms with E-state index in [-0.39, 0.29) is 18.0 Å². The largest absolute Gasteiger partial charge is 0.324 e. The zero-order valence-corrected chi connectivity index (χ0v) is 14.9. The number of hydrogen-bond donors (Lipinski definition) is 2. The van der Waals surface area contributed by atoms with Gasteiger partial charge in [-0.1, -0.05) is 30.3 Å².